The summed E-state index contributed by atoms with van der Waals surface area (Å²) in [5.74, 6) is -0.141. The van der Waals surface area contributed by atoms with Crippen molar-refractivity contribution in [3.63, 3.8) is 0 Å². The Bertz CT molecular complexity index is 877. The maximum absolute atomic E-state index is 12.6. The molecule has 0 aliphatic carbocycles. The normalized spacial score (nSPS) is 15.2. The number of ketones is 1. The lowest BCUT2D eigenvalue weighted by Crippen LogP contribution is -2.28. The molecule has 1 aliphatic rings. The van der Waals surface area contributed by atoms with E-state index in [-0.39, 0.29) is 17.2 Å². The Kier molecular flexibility index (Phi) is 5.75. The predicted octanol–water partition coefficient (Wildman–Crippen LogP) is 3.37. The van der Waals surface area contributed by atoms with Crippen molar-refractivity contribution in [2.75, 3.05) is 25.0 Å². The van der Waals surface area contributed by atoms with Crippen LogP contribution in [0.2, 0.25) is 0 Å². The summed E-state index contributed by atoms with van der Waals surface area (Å²) >= 11 is 2.21. The van der Waals surface area contributed by atoms with Crippen molar-refractivity contribution in [3.05, 3.63) is 57.7 Å². The van der Waals surface area contributed by atoms with Crippen LogP contribution in [0.4, 0.5) is 5.69 Å². The Morgan fingerprint density at radius 2 is 1.80 bits per heavy atom. The van der Waals surface area contributed by atoms with Gasteiger partial charge in [-0.3, -0.25) is 4.79 Å². The Balaban J connectivity index is 1.73. The van der Waals surface area contributed by atoms with E-state index in [4.69, 9.17) is 0 Å². The highest BCUT2D eigenvalue weighted by atomic mass is 127. The molecule has 0 aromatic heterocycles. The highest BCUT2D eigenvalue weighted by Crippen LogP contribution is 2.22. The van der Waals surface area contributed by atoms with Crippen LogP contribution in [0.5, 0.6) is 0 Å². The van der Waals surface area contributed by atoms with Gasteiger partial charge in [0.25, 0.3) is 0 Å². The van der Waals surface area contributed by atoms with E-state index in [1.807, 2.05) is 24.3 Å². The Morgan fingerprint density at radius 1 is 1.08 bits per heavy atom. The molecule has 2 aromatic rings. The van der Waals surface area contributed by atoms with Crippen LogP contribution >= 0.6 is 22.6 Å². The summed E-state index contributed by atoms with van der Waals surface area (Å²) < 4.78 is 27.8. The molecule has 0 amide bonds. The van der Waals surface area contributed by atoms with Gasteiger partial charge in [0, 0.05) is 27.9 Å². The van der Waals surface area contributed by atoms with Gasteiger partial charge in [0.1, 0.15) is 0 Å². The van der Waals surface area contributed by atoms with Crippen molar-refractivity contribution in [3.8, 4) is 0 Å². The minimum atomic E-state index is -3.51. The summed E-state index contributed by atoms with van der Waals surface area (Å²) in [6.07, 6.45) is 1.77. The van der Waals surface area contributed by atoms with Gasteiger partial charge in [-0.05, 0) is 65.8 Å². The highest BCUT2D eigenvalue weighted by Gasteiger charge is 2.27. The van der Waals surface area contributed by atoms with Gasteiger partial charge in [-0.15, -0.1) is 0 Å². The minimum Gasteiger partial charge on any atom is -0.378 e. The second-order valence-electron chi connectivity index (χ2n) is 5.93. The van der Waals surface area contributed by atoms with Crippen molar-refractivity contribution in [1.29, 1.82) is 0 Å². The first-order valence-corrected chi connectivity index (χ1v) is 10.6. The van der Waals surface area contributed by atoms with Gasteiger partial charge in [0.05, 0.1) is 11.4 Å². The third kappa shape index (κ3) is 4.39. The average Bonchev–Trinajstić information content (AvgIpc) is 3.15. The molecule has 0 atom stereocenters. The molecular weight excluding hydrogens is 451 g/mol. The van der Waals surface area contributed by atoms with Crippen molar-refractivity contribution in [2.24, 2.45) is 0 Å². The molecule has 3 rings (SSSR count). The fourth-order valence-corrected chi connectivity index (χ4v) is 4.90. The summed E-state index contributed by atoms with van der Waals surface area (Å²) in [5, 5.41) is 3.08. The largest absolute Gasteiger partial charge is 0.378 e. The summed E-state index contributed by atoms with van der Waals surface area (Å²) in [5.41, 5.74) is 1.26. The molecule has 0 radical (unpaired) electrons. The lowest BCUT2D eigenvalue weighted by Gasteiger charge is -2.16. The van der Waals surface area contributed by atoms with Gasteiger partial charge >= 0.3 is 0 Å². The molecule has 1 saturated heterocycles. The Morgan fingerprint density at radius 3 is 2.52 bits per heavy atom. The molecule has 1 aliphatic heterocycles. The van der Waals surface area contributed by atoms with E-state index in [2.05, 4.69) is 27.9 Å². The van der Waals surface area contributed by atoms with Crippen LogP contribution in [0.25, 0.3) is 0 Å². The molecule has 2 aromatic carbocycles. The van der Waals surface area contributed by atoms with E-state index in [9.17, 15) is 13.2 Å². The van der Waals surface area contributed by atoms with Gasteiger partial charge in [-0.1, -0.05) is 18.2 Å². The monoisotopic (exact) mass is 470 g/mol. The van der Waals surface area contributed by atoms with Gasteiger partial charge in [-0.2, -0.15) is 4.31 Å². The molecule has 0 bridgehead atoms. The van der Waals surface area contributed by atoms with Crippen LogP contribution in [-0.4, -0.2) is 38.1 Å². The first-order valence-electron chi connectivity index (χ1n) is 8.10. The second-order valence-corrected chi connectivity index (χ2v) is 9.11. The zero-order valence-corrected chi connectivity index (χ0v) is 16.6. The summed E-state index contributed by atoms with van der Waals surface area (Å²) in [6.45, 7) is 1.22. The van der Waals surface area contributed by atoms with E-state index < -0.39 is 10.0 Å². The zero-order chi connectivity index (χ0) is 17.9. The lowest BCUT2D eigenvalue weighted by atomic mass is 10.1. The number of hydrogen-bond acceptors (Lipinski definition) is 4. The second kappa shape index (κ2) is 7.84. The number of rotatable bonds is 6. The zero-order valence-electron chi connectivity index (χ0n) is 13.6. The molecule has 25 heavy (non-hydrogen) atoms. The maximum atomic E-state index is 12.6. The fraction of sp³-hybridized carbons (Fsp3) is 0.278. The van der Waals surface area contributed by atoms with Crippen LogP contribution in [0.15, 0.2) is 53.4 Å². The number of Topliss-reactive ketones (excluding diaryl/α,β-unsaturated/α-hetero) is 1. The molecule has 7 heteroatoms. The summed E-state index contributed by atoms with van der Waals surface area (Å²) in [7, 11) is -3.51. The van der Waals surface area contributed by atoms with Crippen LogP contribution in [-0.2, 0) is 10.0 Å². The number of carbonyl (C=O) groups excluding carboxylic acids is 1. The molecule has 0 saturated carbocycles. The Hall–Kier alpha value is -1.45. The van der Waals surface area contributed by atoms with Crippen molar-refractivity contribution >= 4 is 44.1 Å². The third-order valence-corrected chi connectivity index (χ3v) is 6.70. The number of hydrogen-bond donors (Lipinski definition) is 1. The first-order chi connectivity index (χ1) is 12.0. The quantitative estimate of drug-likeness (QED) is 0.520. The third-order valence-electron chi connectivity index (χ3n) is 4.14. The van der Waals surface area contributed by atoms with Crippen LogP contribution in [0.1, 0.15) is 23.2 Å². The van der Waals surface area contributed by atoms with Crippen LogP contribution in [0, 0.1) is 3.57 Å². The number of halogens is 1. The van der Waals surface area contributed by atoms with Crippen LogP contribution < -0.4 is 5.32 Å². The van der Waals surface area contributed by atoms with Gasteiger partial charge in [-0.25, -0.2) is 8.42 Å². The maximum Gasteiger partial charge on any atom is 0.243 e. The smallest absolute Gasteiger partial charge is 0.243 e. The topological polar surface area (TPSA) is 66.5 Å². The number of carbonyl (C=O) groups is 1. The number of sulfonamides is 1. The first kappa shape index (κ1) is 18.3. The Labute approximate surface area is 161 Å². The molecule has 1 heterocycles. The van der Waals surface area contributed by atoms with E-state index in [1.165, 1.54) is 10.4 Å². The van der Waals surface area contributed by atoms with Crippen molar-refractivity contribution < 1.29 is 13.2 Å². The standard InChI is InChI=1S/C18H19IN2O3S/c19-15-6-4-7-16(12-15)20-13-18(22)14-5-3-8-17(11-14)25(23,24)21-9-1-2-10-21/h3-8,11-12,20H,1-2,9-10,13H2. The lowest BCUT2D eigenvalue weighted by molar-refractivity contribution is 0.101. The molecule has 1 fully saturated rings. The number of benzene rings is 2. The van der Waals surface area contributed by atoms with E-state index in [0.717, 1.165) is 22.1 Å². The highest BCUT2D eigenvalue weighted by molar-refractivity contribution is 14.1. The average molecular weight is 470 g/mol. The van der Waals surface area contributed by atoms with E-state index in [1.54, 1.807) is 18.2 Å². The molecule has 1 N–H and O–H groups in total. The van der Waals surface area contributed by atoms with Crippen molar-refractivity contribution in [2.45, 2.75) is 17.7 Å². The van der Waals surface area contributed by atoms with Crippen molar-refractivity contribution in [1.82, 2.24) is 4.31 Å². The molecule has 0 unspecified atom stereocenters. The molecule has 0 spiro atoms. The van der Waals surface area contributed by atoms with Gasteiger partial charge in [0.15, 0.2) is 5.78 Å². The minimum absolute atomic E-state index is 0.118. The molecule has 5 nitrogen and oxygen atoms in total. The molecular formula is C18H19IN2O3S. The SMILES string of the molecule is O=C(CNc1cccc(I)c1)c1cccc(S(=O)(=O)N2CCCC2)c1. The van der Waals surface area contributed by atoms with E-state index in [0.29, 0.717) is 18.7 Å². The van der Waals surface area contributed by atoms with Gasteiger partial charge < -0.3 is 5.32 Å². The summed E-state index contributed by atoms with van der Waals surface area (Å²) in [4.78, 5) is 12.6. The van der Waals surface area contributed by atoms with E-state index >= 15 is 0 Å². The predicted molar refractivity (Wildman–Crippen MR) is 106 cm³/mol. The van der Waals surface area contributed by atoms with Crippen LogP contribution in [0.3, 0.4) is 0 Å². The fourth-order valence-electron chi connectivity index (χ4n) is 2.79. The number of anilines is 1. The number of nitrogens with one attached hydrogen (secondary N) is 1. The number of nitrogens with zero attached hydrogens (tertiary/aromatic N) is 1. The summed E-state index contributed by atoms with van der Waals surface area (Å²) in [6, 6.07) is 14.0. The molecule has 132 valence electrons. The van der Waals surface area contributed by atoms with Gasteiger partial charge in [0.2, 0.25) is 10.0 Å².